The number of benzene rings is 2. The molecule has 0 radical (unpaired) electrons. The molecule has 1 saturated carbocycles. The largest absolute Gasteiger partial charge is 0.459 e. The van der Waals surface area contributed by atoms with E-state index < -0.39 is 0 Å². The van der Waals surface area contributed by atoms with E-state index >= 15 is 0 Å². The highest BCUT2D eigenvalue weighted by molar-refractivity contribution is 5.89. The predicted octanol–water partition coefficient (Wildman–Crippen LogP) is 3.59. The monoisotopic (exact) mass is 282 g/mol. The van der Waals surface area contributed by atoms with Crippen molar-refractivity contribution in [2.24, 2.45) is 0 Å². The molecule has 3 heteroatoms. The number of carbonyl (C=O) groups excluding carboxylic acids is 1. The second-order valence-corrected chi connectivity index (χ2v) is 5.28. The van der Waals surface area contributed by atoms with Gasteiger partial charge in [0.05, 0.1) is 18.3 Å². The van der Waals surface area contributed by atoms with Crippen molar-refractivity contribution in [2.45, 2.75) is 31.7 Å². The van der Waals surface area contributed by atoms with Crippen molar-refractivity contribution < 1.29 is 14.3 Å². The molecule has 0 spiro atoms. The molecule has 0 aromatic heterocycles. The average Bonchev–Trinajstić information content (AvgIpc) is 2.51. The van der Waals surface area contributed by atoms with E-state index in [2.05, 4.69) is 0 Å². The molecule has 1 fully saturated rings. The van der Waals surface area contributed by atoms with E-state index in [1.54, 1.807) is 12.1 Å². The van der Waals surface area contributed by atoms with Gasteiger partial charge in [0.15, 0.2) is 0 Å². The van der Waals surface area contributed by atoms with Crippen LogP contribution >= 0.6 is 0 Å². The van der Waals surface area contributed by atoms with Crippen molar-refractivity contribution >= 4 is 5.97 Å². The lowest BCUT2D eigenvalue weighted by molar-refractivity contribution is -0.0862. The Morgan fingerprint density at radius 2 is 1.52 bits per heavy atom. The van der Waals surface area contributed by atoms with Crippen LogP contribution in [0.5, 0.6) is 0 Å². The predicted molar refractivity (Wildman–Crippen MR) is 79.9 cm³/mol. The van der Waals surface area contributed by atoms with Crippen LogP contribution in [0.3, 0.4) is 0 Å². The molecule has 3 nitrogen and oxygen atoms in total. The minimum Gasteiger partial charge on any atom is -0.459 e. The van der Waals surface area contributed by atoms with E-state index in [1.165, 1.54) is 5.56 Å². The lowest BCUT2D eigenvalue weighted by atomic mass is 9.92. The summed E-state index contributed by atoms with van der Waals surface area (Å²) >= 11 is 0. The van der Waals surface area contributed by atoms with Gasteiger partial charge in [0.25, 0.3) is 0 Å². The van der Waals surface area contributed by atoms with Gasteiger partial charge in [0, 0.05) is 12.8 Å². The summed E-state index contributed by atoms with van der Waals surface area (Å²) < 4.78 is 11.2. The minimum absolute atomic E-state index is 0.0153. The SMILES string of the molecule is O=C(OC1CC(OCc2ccccc2)C1)c1ccccc1. The summed E-state index contributed by atoms with van der Waals surface area (Å²) in [6.07, 6.45) is 1.74. The summed E-state index contributed by atoms with van der Waals surface area (Å²) in [6, 6.07) is 19.2. The number of esters is 1. The minimum atomic E-state index is -0.248. The van der Waals surface area contributed by atoms with Gasteiger partial charge in [-0.2, -0.15) is 0 Å². The first-order valence-electron chi connectivity index (χ1n) is 7.23. The zero-order valence-corrected chi connectivity index (χ0v) is 11.8. The number of hydrogen-bond donors (Lipinski definition) is 0. The molecule has 2 aromatic rings. The molecule has 108 valence electrons. The highest BCUT2D eigenvalue weighted by Crippen LogP contribution is 2.28. The van der Waals surface area contributed by atoms with Gasteiger partial charge in [-0.15, -0.1) is 0 Å². The molecule has 0 aliphatic heterocycles. The van der Waals surface area contributed by atoms with Crippen LogP contribution in [0.4, 0.5) is 0 Å². The summed E-state index contributed by atoms with van der Waals surface area (Å²) in [5, 5.41) is 0. The Morgan fingerprint density at radius 1 is 0.905 bits per heavy atom. The van der Waals surface area contributed by atoms with Crippen molar-refractivity contribution in [1.82, 2.24) is 0 Å². The molecule has 0 unspecified atom stereocenters. The highest BCUT2D eigenvalue weighted by Gasteiger charge is 2.33. The summed E-state index contributed by atoms with van der Waals surface area (Å²) in [4.78, 5) is 11.9. The molecule has 0 saturated heterocycles. The third-order valence-electron chi connectivity index (χ3n) is 3.66. The van der Waals surface area contributed by atoms with Crippen molar-refractivity contribution in [3.63, 3.8) is 0 Å². The van der Waals surface area contributed by atoms with Crippen molar-refractivity contribution in [3.05, 3.63) is 71.8 Å². The maximum Gasteiger partial charge on any atom is 0.338 e. The van der Waals surface area contributed by atoms with E-state index in [0.717, 1.165) is 12.8 Å². The molecule has 0 bridgehead atoms. The van der Waals surface area contributed by atoms with Crippen LogP contribution in [0.2, 0.25) is 0 Å². The van der Waals surface area contributed by atoms with E-state index in [1.807, 2.05) is 48.5 Å². The van der Waals surface area contributed by atoms with Crippen LogP contribution in [0, 0.1) is 0 Å². The van der Waals surface area contributed by atoms with E-state index in [4.69, 9.17) is 9.47 Å². The lowest BCUT2D eigenvalue weighted by Gasteiger charge is -2.34. The van der Waals surface area contributed by atoms with Gasteiger partial charge in [-0.1, -0.05) is 48.5 Å². The second-order valence-electron chi connectivity index (χ2n) is 5.28. The van der Waals surface area contributed by atoms with Gasteiger partial charge < -0.3 is 9.47 Å². The van der Waals surface area contributed by atoms with Gasteiger partial charge in [0.1, 0.15) is 6.10 Å². The molecular formula is C18H18O3. The number of hydrogen-bond acceptors (Lipinski definition) is 3. The maximum absolute atomic E-state index is 11.9. The van der Waals surface area contributed by atoms with Gasteiger partial charge in [-0.25, -0.2) is 4.79 Å². The molecule has 1 aliphatic carbocycles. The summed E-state index contributed by atoms with van der Waals surface area (Å²) in [5.74, 6) is -0.248. The van der Waals surface area contributed by atoms with Crippen molar-refractivity contribution in [3.8, 4) is 0 Å². The topological polar surface area (TPSA) is 35.5 Å². The third-order valence-corrected chi connectivity index (χ3v) is 3.66. The molecule has 0 N–H and O–H groups in total. The van der Waals surface area contributed by atoms with Crippen LogP contribution in [0.25, 0.3) is 0 Å². The fourth-order valence-corrected chi connectivity index (χ4v) is 2.33. The molecule has 0 amide bonds. The van der Waals surface area contributed by atoms with Crippen LogP contribution < -0.4 is 0 Å². The van der Waals surface area contributed by atoms with Gasteiger partial charge >= 0.3 is 5.97 Å². The Balaban J connectivity index is 1.39. The fourth-order valence-electron chi connectivity index (χ4n) is 2.33. The van der Waals surface area contributed by atoms with Crippen LogP contribution in [-0.2, 0) is 16.1 Å². The Bertz CT molecular complexity index is 574. The van der Waals surface area contributed by atoms with Crippen LogP contribution in [0.1, 0.15) is 28.8 Å². The number of ether oxygens (including phenoxy) is 2. The molecule has 2 aromatic carbocycles. The van der Waals surface area contributed by atoms with E-state index in [0.29, 0.717) is 12.2 Å². The first-order chi connectivity index (χ1) is 10.3. The van der Waals surface area contributed by atoms with E-state index in [-0.39, 0.29) is 18.2 Å². The summed E-state index contributed by atoms with van der Waals surface area (Å²) in [5.41, 5.74) is 1.77. The summed E-state index contributed by atoms with van der Waals surface area (Å²) in [7, 11) is 0. The molecule has 21 heavy (non-hydrogen) atoms. The zero-order chi connectivity index (χ0) is 14.5. The maximum atomic E-state index is 11.9. The first-order valence-corrected chi connectivity index (χ1v) is 7.23. The Morgan fingerprint density at radius 3 is 2.19 bits per heavy atom. The third kappa shape index (κ3) is 3.70. The number of carbonyl (C=O) groups is 1. The van der Waals surface area contributed by atoms with Gasteiger partial charge in [-0.05, 0) is 17.7 Å². The van der Waals surface area contributed by atoms with Gasteiger partial charge in [-0.3, -0.25) is 0 Å². The average molecular weight is 282 g/mol. The molecule has 1 aliphatic rings. The zero-order valence-electron chi connectivity index (χ0n) is 11.8. The van der Waals surface area contributed by atoms with Gasteiger partial charge in [0.2, 0.25) is 0 Å². The highest BCUT2D eigenvalue weighted by atomic mass is 16.6. The van der Waals surface area contributed by atoms with Crippen molar-refractivity contribution in [2.75, 3.05) is 0 Å². The lowest BCUT2D eigenvalue weighted by Crippen LogP contribution is -2.38. The molecule has 0 atom stereocenters. The normalized spacial score (nSPS) is 20.6. The molecule has 0 heterocycles. The number of rotatable bonds is 5. The second kappa shape index (κ2) is 6.55. The smallest absolute Gasteiger partial charge is 0.338 e. The van der Waals surface area contributed by atoms with Crippen molar-refractivity contribution in [1.29, 1.82) is 0 Å². The van der Waals surface area contributed by atoms with Crippen LogP contribution in [-0.4, -0.2) is 18.2 Å². The summed E-state index contributed by atoms with van der Waals surface area (Å²) in [6.45, 7) is 0.616. The standard InChI is InChI=1S/C18H18O3/c19-18(15-9-5-2-6-10-15)21-17-11-16(12-17)20-13-14-7-3-1-4-8-14/h1-10,16-17H,11-13H2. The Hall–Kier alpha value is -2.13. The van der Waals surface area contributed by atoms with Crippen LogP contribution in [0.15, 0.2) is 60.7 Å². The molecule has 3 rings (SSSR count). The first kappa shape index (κ1) is 13.8. The Kier molecular flexibility index (Phi) is 4.31. The van der Waals surface area contributed by atoms with E-state index in [9.17, 15) is 4.79 Å². The Labute approximate surface area is 124 Å². The fraction of sp³-hybridized carbons (Fsp3) is 0.278. The molecular weight excluding hydrogens is 264 g/mol. The quantitative estimate of drug-likeness (QED) is 0.786.